The standard InChI is InChI=1S/C23H25F7N2O2S/c1-31-35(34)8-5-13(6-9-35)19(33)32-7-4-18-17-3-2-15(10-14(17)11-16-12-20(16,18)32)21(24,22(25,26)27)23(28,29)30/h2-3,10,13,16,18H,4-9,11-12H2,1H3/t13?,16?,18-,20?,35?/m0/s1. The summed E-state index contributed by atoms with van der Waals surface area (Å²) in [5.41, 5.74) is -6.50. The van der Waals surface area contributed by atoms with Gasteiger partial charge in [0.15, 0.2) is 0 Å². The summed E-state index contributed by atoms with van der Waals surface area (Å²) < 4.78 is 110. The Labute approximate surface area is 198 Å². The maximum atomic E-state index is 14.6. The van der Waals surface area contributed by atoms with E-state index in [9.17, 15) is 39.7 Å². The first-order valence-electron chi connectivity index (χ1n) is 11.6. The first-order valence-corrected chi connectivity index (χ1v) is 13.4. The molecule has 4 aliphatic rings. The molecule has 12 heteroatoms. The molecule has 5 rings (SSSR count). The SMILES string of the molecule is CN=S1(=O)CCC(C(=O)N2CC[C@H]3c4ccc(C(F)(C(F)(F)F)C(F)(F)F)cc4CC4CC432)CC1. The summed E-state index contributed by atoms with van der Waals surface area (Å²) in [4.78, 5) is 15.3. The molecule has 0 N–H and O–H groups in total. The monoisotopic (exact) mass is 526 g/mol. The number of likely N-dealkylation sites (tertiary alicyclic amines) is 1. The Balaban J connectivity index is 1.42. The van der Waals surface area contributed by atoms with Crippen LogP contribution in [0.25, 0.3) is 0 Å². The summed E-state index contributed by atoms with van der Waals surface area (Å²) in [6.45, 7) is 0.448. The van der Waals surface area contributed by atoms with Gasteiger partial charge >= 0.3 is 18.0 Å². The number of carbonyl (C=O) groups excluding carboxylic acids is 1. The minimum Gasteiger partial charge on any atom is -0.336 e. The minimum atomic E-state index is -6.15. The number of amides is 1. The fraction of sp³-hybridized carbons (Fsp3) is 0.696. The van der Waals surface area contributed by atoms with Crippen LogP contribution in [0.1, 0.15) is 48.3 Å². The summed E-state index contributed by atoms with van der Waals surface area (Å²) in [5.74, 6) is 0.134. The second-order valence-corrected chi connectivity index (χ2v) is 12.9. The van der Waals surface area contributed by atoms with Gasteiger partial charge in [-0.1, -0.05) is 18.2 Å². The summed E-state index contributed by atoms with van der Waals surface area (Å²) in [6, 6.07) is 2.49. The highest BCUT2D eigenvalue weighted by Gasteiger charge is 2.74. The van der Waals surface area contributed by atoms with Crippen molar-refractivity contribution in [2.24, 2.45) is 16.2 Å². The smallest absolute Gasteiger partial charge is 0.336 e. The Morgan fingerprint density at radius 1 is 1.06 bits per heavy atom. The number of carbonyl (C=O) groups is 1. The number of rotatable bonds is 2. The van der Waals surface area contributed by atoms with Gasteiger partial charge in [0.1, 0.15) is 0 Å². The molecule has 2 unspecified atom stereocenters. The van der Waals surface area contributed by atoms with E-state index in [0.29, 0.717) is 55.4 Å². The fourth-order valence-electron chi connectivity index (χ4n) is 6.63. The molecule has 2 saturated heterocycles. The lowest BCUT2D eigenvalue weighted by Gasteiger charge is -2.37. The molecule has 0 aromatic heterocycles. The lowest BCUT2D eigenvalue weighted by Crippen LogP contribution is -2.50. The molecule has 4 nitrogen and oxygen atoms in total. The fourth-order valence-corrected chi connectivity index (χ4v) is 8.50. The predicted octanol–water partition coefficient (Wildman–Crippen LogP) is 5.11. The van der Waals surface area contributed by atoms with Crippen LogP contribution in [0.5, 0.6) is 0 Å². The summed E-state index contributed by atoms with van der Waals surface area (Å²) in [7, 11) is -0.742. The number of alkyl halides is 7. The van der Waals surface area contributed by atoms with Gasteiger partial charge in [-0.15, -0.1) is 0 Å². The van der Waals surface area contributed by atoms with Crippen molar-refractivity contribution in [2.45, 2.75) is 61.6 Å². The summed E-state index contributed by atoms with van der Waals surface area (Å²) in [5, 5.41) is 0. The number of benzene rings is 1. The van der Waals surface area contributed by atoms with Crippen molar-refractivity contribution in [3.8, 4) is 0 Å². The maximum Gasteiger partial charge on any atom is 0.435 e. The number of hydrogen-bond acceptors (Lipinski definition) is 3. The average Bonchev–Trinajstić information content (AvgIpc) is 3.37. The number of hydrogen-bond donors (Lipinski definition) is 0. The first-order chi connectivity index (χ1) is 16.2. The Kier molecular flexibility index (Phi) is 5.38. The van der Waals surface area contributed by atoms with Gasteiger partial charge in [-0.2, -0.15) is 26.3 Å². The third-order valence-corrected chi connectivity index (χ3v) is 11.0. The molecular weight excluding hydrogens is 501 g/mol. The van der Waals surface area contributed by atoms with Crippen LogP contribution in [0.4, 0.5) is 30.7 Å². The van der Waals surface area contributed by atoms with Crippen LogP contribution < -0.4 is 0 Å². The lowest BCUT2D eigenvalue weighted by atomic mass is 9.77. The zero-order valence-electron chi connectivity index (χ0n) is 18.9. The van der Waals surface area contributed by atoms with E-state index in [4.69, 9.17) is 0 Å². The Hall–Kier alpha value is -1.85. The molecule has 2 aliphatic carbocycles. The summed E-state index contributed by atoms with van der Waals surface area (Å²) >= 11 is 0. The largest absolute Gasteiger partial charge is 0.435 e. The van der Waals surface area contributed by atoms with Gasteiger partial charge in [-0.25, -0.2) is 13.0 Å². The third kappa shape index (κ3) is 3.44. The molecule has 0 bridgehead atoms. The van der Waals surface area contributed by atoms with E-state index < -0.39 is 38.9 Å². The highest BCUT2D eigenvalue weighted by atomic mass is 32.2. The third-order valence-electron chi connectivity index (χ3n) is 8.55. The second kappa shape index (κ2) is 7.58. The number of halogens is 7. The van der Waals surface area contributed by atoms with Crippen LogP contribution >= 0.6 is 0 Å². The lowest BCUT2D eigenvalue weighted by molar-refractivity contribution is -0.348. The van der Waals surface area contributed by atoms with Crippen LogP contribution in [0, 0.1) is 11.8 Å². The van der Waals surface area contributed by atoms with E-state index in [1.54, 1.807) is 0 Å². The van der Waals surface area contributed by atoms with E-state index in [-0.39, 0.29) is 35.6 Å². The Morgan fingerprint density at radius 2 is 1.69 bits per heavy atom. The number of fused-ring (bicyclic) bond motifs is 2. The van der Waals surface area contributed by atoms with E-state index in [1.807, 2.05) is 4.90 Å². The molecule has 194 valence electrons. The molecule has 35 heavy (non-hydrogen) atoms. The molecule has 0 radical (unpaired) electrons. The van der Waals surface area contributed by atoms with Gasteiger partial charge in [0, 0.05) is 52.2 Å². The van der Waals surface area contributed by atoms with Crippen molar-refractivity contribution < 1.29 is 39.7 Å². The van der Waals surface area contributed by atoms with Crippen LogP contribution in [-0.4, -0.2) is 58.0 Å². The van der Waals surface area contributed by atoms with Crippen molar-refractivity contribution in [3.05, 3.63) is 34.9 Å². The van der Waals surface area contributed by atoms with Crippen molar-refractivity contribution in [3.63, 3.8) is 0 Å². The first kappa shape index (κ1) is 24.8. The molecule has 3 fully saturated rings. The van der Waals surface area contributed by atoms with Gasteiger partial charge < -0.3 is 4.90 Å². The van der Waals surface area contributed by atoms with Gasteiger partial charge in [-0.3, -0.25) is 4.79 Å². The van der Waals surface area contributed by atoms with Gasteiger partial charge in [0.2, 0.25) is 5.91 Å². The highest BCUT2D eigenvalue weighted by Crippen LogP contribution is 2.66. The van der Waals surface area contributed by atoms with Gasteiger partial charge in [0.05, 0.1) is 5.54 Å². The van der Waals surface area contributed by atoms with Crippen molar-refractivity contribution in [1.82, 2.24) is 4.90 Å². The molecule has 1 aromatic rings. The number of nitrogens with zero attached hydrogens (tertiary/aromatic N) is 2. The van der Waals surface area contributed by atoms with Crippen LogP contribution in [0.3, 0.4) is 0 Å². The molecule has 3 atom stereocenters. The van der Waals surface area contributed by atoms with Crippen molar-refractivity contribution in [1.29, 1.82) is 0 Å². The van der Waals surface area contributed by atoms with E-state index in [0.717, 1.165) is 6.07 Å². The Bertz CT molecular complexity index is 1160. The zero-order valence-corrected chi connectivity index (χ0v) is 19.7. The summed E-state index contributed by atoms with van der Waals surface area (Å²) in [6.07, 6.45) is -10.00. The van der Waals surface area contributed by atoms with Crippen molar-refractivity contribution >= 4 is 15.6 Å². The van der Waals surface area contributed by atoms with Crippen LogP contribution in [-0.2, 0) is 26.6 Å². The molecule has 2 aliphatic heterocycles. The normalized spacial score (nSPS) is 34.6. The zero-order chi connectivity index (χ0) is 25.6. The predicted molar refractivity (Wildman–Crippen MR) is 114 cm³/mol. The highest BCUT2D eigenvalue weighted by molar-refractivity contribution is 7.93. The molecule has 1 spiro atoms. The maximum absolute atomic E-state index is 14.6. The van der Waals surface area contributed by atoms with Gasteiger partial charge in [0.25, 0.3) is 0 Å². The van der Waals surface area contributed by atoms with Crippen LogP contribution in [0.15, 0.2) is 22.6 Å². The molecule has 2 heterocycles. The van der Waals surface area contributed by atoms with Gasteiger partial charge in [-0.05, 0) is 49.1 Å². The van der Waals surface area contributed by atoms with Crippen LogP contribution in [0.2, 0.25) is 0 Å². The van der Waals surface area contributed by atoms with E-state index in [1.165, 1.54) is 13.1 Å². The quantitative estimate of drug-likeness (QED) is 0.503. The molecular formula is C23H25F7N2O2S. The minimum absolute atomic E-state index is 0.0236. The second-order valence-electron chi connectivity index (χ2n) is 10.1. The topological polar surface area (TPSA) is 49.7 Å². The average molecular weight is 527 g/mol. The molecule has 1 aromatic carbocycles. The molecule has 1 saturated carbocycles. The Morgan fingerprint density at radius 3 is 2.26 bits per heavy atom. The molecule has 1 amide bonds. The van der Waals surface area contributed by atoms with Crippen molar-refractivity contribution in [2.75, 3.05) is 25.1 Å². The van der Waals surface area contributed by atoms with E-state index in [2.05, 4.69) is 4.36 Å². The van der Waals surface area contributed by atoms with E-state index >= 15 is 0 Å².